The van der Waals surface area contributed by atoms with Crippen molar-refractivity contribution in [2.45, 2.75) is 83.5 Å². The first-order valence-electron chi connectivity index (χ1n) is 15.3. The second kappa shape index (κ2) is 8.72. The molecule has 2 aliphatic rings. The molecule has 0 saturated heterocycles. The van der Waals surface area contributed by atoms with Gasteiger partial charge >= 0.3 is 0 Å². The molecule has 2 heterocycles. The fourth-order valence-corrected chi connectivity index (χ4v) is 8.25. The van der Waals surface area contributed by atoms with Gasteiger partial charge in [-0.2, -0.15) is 0 Å². The number of hydrogen-bond acceptors (Lipinski definition) is 3. The first-order chi connectivity index (χ1) is 19.9. The SMILES string of the molecule is CCC1(CC)[n+]2cnc3c(c2-c2cc(C(C)(C)C)c4ccccc4c2C1(O)OC)C(C)(C)c1cc2ccccc2cc1-3. The number of aromatic nitrogens is 2. The Kier molecular flexibility index (Phi) is 5.65. The molecule has 4 nitrogen and oxygen atoms in total. The number of aliphatic hydroxyl groups is 1. The lowest BCUT2D eigenvalue weighted by Gasteiger charge is -2.49. The van der Waals surface area contributed by atoms with E-state index in [0.29, 0.717) is 12.8 Å². The van der Waals surface area contributed by atoms with Gasteiger partial charge < -0.3 is 9.84 Å². The summed E-state index contributed by atoms with van der Waals surface area (Å²) in [7, 11) is 1.65. The average Bonchev–Trinajstić information content (AvgIpc) is 3.20. The van der Waals surface area contributed by atoms with E-state index < -0.39 is 11.3 Å². The van der Waals surface area contributed by atoms with E-state index >= 15 is 0 Å². The summed E-state index contributed by atoms with van der Waals surface area (Å²) in [6.45, 7) is 15.8. The number of rotatable bonds is 3. The third-order valence-electron chi connectivity index (χ3n) is 10.5. The number of fused-ring (bicyclic) bond motifs is 10. The quantitative estimate of drug-likeness (QED) is 0.179. The molecular weight excluding hydrogens is 516 g/mol. The number of nitrogens with zero attached hydrogens (tertiary/aromatic N) is 2. The molecule has 0 amide bonds. The fraction of sp³-hybridized carbons (Fsp3) is 0.368. The molecule has 4 aromatic carbocycles. The Bertz CT molecular complexity index is 1930. The maximum Gasteiger partial charge on any atom is 0.288 e. The molecule has 42 heavy (non-hydrogen) atoms. The Labute approximate surface area is 249 Å². The monoisotopic (exact) mass is 557 g/mol. The van der Waals surface area contributed by atoms with Gasteiger partial charge in [0.25, 0.3) is 6.33 Å². The van der Waals surface area contributed by atoms with Gasteiger partial charge in [-0.25, -0.2) is 4.57 Å². The van der Waals surface area contributed by atoms with Crippen molar-refractivity contribution in [1.82, 2.24) is 4.98 Å². The summed E-state index contributed by atoms with van der Waals surface area (Å²) in [4.78, 5) is 5.21. The van der Waals surface area contributed by atoms with Gasteiger partial charge in [0.2, 0.25) is 5.79 Å². The van der Waals surface area contributed by atoms with Crippen molar-refractivity contribution in [3.8, 4) is 22.5 Å². The molecule has 1 aliphatic carbocycles. The van der Waals surface area contributed by atoms with Gasteiger partial charge in [0, 0.05) is 29.2 Å². The highest BCUT2D eigenvalue weighted by molar-refractivity contribution is 5.98. The van der Waals surface area contributed by atoms with Crippen LogP contribution in [0.15, 0.2) is 73.1 Å². The van der Waals surface area contributed by atoms with Gasteiger partial charge in [0.1, 0.15) is 5.69 Å². The lowest BCUT2D eigenvalue weighted by atomic mass is 9.68. The summed E-state index contributed by atoms with van der Waals surface area (Å²) < 4.78 is 8.56. The molecule has 214 valence electrons. The summed E-state index contributed by atoms with van der Waals surface area (Å²) in [5.41, 5.74) is 7.86. The second-order valence-corrected chi connectivity index (χ2v) is 13.8. The molecule has 0 bridgehead atoms. The molecule has 5 aromatic rings. The highest BCUT2D eigenvalue weighted by atomic mass is 16.6. The van der Waals surface area contributed by atoms with E-state index in [4.69, 9.17) is 9.72 Å². The van der Waals surface area contributed by atoms with Crippen LogP contribution in [0.5, 0.6) is 0 Å². The van der Waals surface area contributed by atoms with E-state index in [-0.39, 0.29) is 10.8 Å². The van der Waals surface area contributed by atoms with Crippen LogP contribution < -0.4 is 4.57 Å². The number of ether oxygens (including phenoxy) is 1. The van der Waals surface area contributed by atoms with E-state index in [1.807, 2.05) is 6.33 Å². The van der Waals surface area contributed by atoms with Crippen molar-refractivity contribution in [2.24, 2.45) is 0 Å². The van der Waals surface area contributed by atoms with E-state index in [0.717, 1.165) is 33.3 Å². The van der Waals surface area contributed by atoms with Gasteiger partial charge in [-0.15, -0.1) is 0 Å². The van der Waals surface area contributed by atoms with Crippen LogP contribution >= 0.6 is 0 Å². The van der Waals surface area contributed by atoms with E-state index in [9.17, 15) is 5.11 Å². The smallest absolute Gasteiger partial charge is 0.288 e. The first-order valence-corrected chi connectivity index (χ1v) is 15.3. The van der Waals surface area contributed by atoms with Crippen LogP contribution in [0.2, 0.25) is 0 Å². The minimum atomic E-state index is -1.56. The van der Waals surface area contributed by atoms with Crippen molar-refractivity contribution < 1.29 is 14.4 Å². The number of methoxy groups -OCH3 is 1. The molecule has 0 radical (unpaired) electrons. The maximum absolute atomic E-state index is 12.9. The largest absolute Gasteiger partial charge is 0.358 e. The molecule has 1 unspecified atom stereocenters. The normalized spacial score (nSPS) is 19.8. The van der Waals surface area contributed by atoms with Gasteiger partial charge in [-0.3, -0.25) is 0 Å². The summed E-state index contributed by atoms with van der Waals surface area (Å²) >= 11 is 0. The molecule has 1 aromatic heterocycles. The number of hydrogen-bond donors (Lipinski definition) is 1. The minimum absolute atomic E-state index is 0.110. The molecule has 4 heteroatoms. The van der Waals surface area contributed by atoms with Crippen LogP contribution in [0.3, 0.4) is 0 Å². The van der Waals surface area contributed by atoms with Gasteiger partial charge in [-0.05, 0) is 74.1 Å². The summed E-state index contributed by atoms with van der Waals surface area (Å²) in [5, 5.41) is 17.6. The van der Waals surface area contributed by atoms with Crippen LogP contribution in [0.1, 0.15) is 83.6 Å². The molecular formula is C38H41N2O2+. The molecule has 1 aliphatic heterocycles. The zero-order chi connectivity index (χ0) is 29.8. The van der Waals surface area contributed by atoms with Gasteiger partial charge in [-0.1, -0.05) is 97.0 Å². The Morgan fingerprint density at radius 1 is 0.833 bits per heavy atom. The molecule has 0 spiro atoms. The van der Waals surface area contributed by atoms with Crippen LogP contribution in [0, 0.1) is 0 Å². The van der Waals surface area contributed by atoms with E-state index in [2.05, 4.69) is 120 Å². The summed E-state index contributed by atoms with van der Waals surface area (Å²) in [6.07, 6.45) is 3.33. The Hall–Kier alpha value is -3.60. The van der Waals surface area contributed by atoms with E-state index in [1.165, 1.54) is 33.0 Å². The standard InChI is InChI=1S/C38H41N2O2/c1-9-37(10-2)38(41,42-8)31-26-18-14-13-17-25(26)29(35(3,4)5)21-28(31)34-32-33(39-22-40(34)37)27-19-23-15-11-12-16-24(23)20-30(27)36(32,6)7/h11-22,41H,9-10H2,1-8H3/q+1. The second-order valence-electron chi connectivity index (χ2n) is 13.8. The summed E-state index contributed by atoms with van der Waals surface area (Å²) in [5.74, 6) is -1.56. The van der Waals surface area contributed by atoms with Crippen molar-refractivity contribution in [3.63, 3.8) is 0 Å². The van der Waals surface area contributed by atoms with Gasteiger partial charge in [0.15, 0.2) is 11.2 Å². The topological polar surface area (TPSA) is 46.2 Å². The minimum Gasteiger partial charge on any atom is -0.358 e. The van der Waals surface area contributed by atoms with Crippen molar-refractivity contribution >= 4 is 21.5 Å². The highest BCUT2D eigenvalue weighted by Gasteiger charge is 2.62. The Morgan fingerprint density at radius 2 is 1.45 bits per heavy atom. The lowest BCUT2D eigenvalue weighted by Crippen LogP contribution is -2.71. The first kappa shape index (κ1) is 27.2. The zero-order valence-corrected chi connectivity index (χ0v) is 26.1. The van der Waals surface area contributed by atoms with Crippen LogP contribution in [0.25, 0.3) is 44.1 Å². The van der Waals surface area contributed by atoms with Crippen molar-refractivity contribution in [2.75, 3.05) is 7.11 Å². The summed E-state index contributed by atoms with van der Waals surface area (Å²) in [6, 6.07) is 24.1. The van der Waals surface area contributed by atoms with E-state index in [1.54, 1.807) is 7.11 Å². The fourth-order valence-electron chi connectivity index (χ4n) is 8.25. The van der Waals surface area contributed by atoms with Crippen LogP contribution in [-0.2, 0) is 26.9 Å². The predicted molar refractivity (Wildman–Crippen MR) is 171 cm³/mol. The predicted octanol–water partition coefficient (Wildman–Crippen LogP) is 8.27. The molecule has 0 fully saturated rings. The van der Waals surface area contributed by atoms with Crippen LogP contribution in [0.4, 0.5) is 0 Å². The highest BCUT2D eigenvalue weighted by Crippen LogP contribution is 2.57. The third kappa shape index (κ3) is 3.20. The Morgan fingerprint density at radius 3 is 2.07 bits per heavy atom. The third-order valence-corrected chi connectivity index (χ3v) is 10.5. The van der Waals surface area contributed by atoms with Crippen molar-refractivity contribution in [1.29, 1.82) is 0 Å². The van der Waals surface area contributed by atoms with Gasteiger partial charge in [0.05, 0.1) is 5.56 Å². The Balaban J connectivity index is 1.70. The lowest BCUT2D eigenvalue weighted by molar-refractivity contribution is -0.792. The molecule has 1 atom stereocenters. The zero-order valence-electron chi connectivity index (χ0n) is 26.1. The average molecular weight is 558 g/mol. The number of benzene rings is 4. The maximum atomic E-state index is 12.9. The molecule has 7 rings (SSSR count). The van der Waals surface area contributed by atoms with Crippen LogP contribution in [-0.4, -0.2) is 17.2 Å². The molecule has 1 N–H and O–H groups in total. The van der Waals surface area contributed by atoms with Crippen molar-refractivity contribution in [3.05, 3.63) is 95.3 Å². The molecule has 0 saturated carbocycles.